The van der Waals surface area contributed by atoms with Gasteiger partial charge in [0.1, 0.15) is 11.6 Å². The van der Waals surface area contributed by atoms with E-state index in [0.717, 1.165) is 24.3 Å². The summed E-state index contributed by atoms with van der Waals surface area (Å²) in [5.41, 5.74) is 2.10. The second-order valence-electron chi connectivity index (χ2n) is 4.73. The van der Waals surface area contributed by atoms with Crippen LogP contribution in [0.2, 0.25) is 0 Å². The molecule has 1 aliphatic rings. The lowest BCUT2D eigenvalue weighted by molar-refractivity contribution is 0.185. The molecule has 0 saturated carbocycles. The van der Waals surface area contributed by atoms with Crippen molar-refractivity contribution in [2.24, 2.45) is 0 Å². The Morgan fingerprint density at radius 1 is 1.41 bits per heavy atom. The van der Waals surface area contributed by atoms with Crippen LogP contribution in [0.4, 0.5) is 5.82 Å². The summed E-state index contributed by atoms with van der Waals surface area (Å²) in [6, 6.07) is 2.19. The van der Waals surface area contributed by atoms with Crippen molar-refractivity contribution < 1.29 is 4.74 Å². The van der Waals surface area contributed by atoms with E-state index in [1.807, 2.05) is 13.8 Å². The van der Waals surface area contributed by atoms with Gasteiger partial charge in [-0.1, -0.05) is 0 Å². The van der Waals surface area contributed by atoms with Crippen molar-refractivity contribution in [1.82, 2.24) is 10.2 Å². The smallest absolute Gasteiger partial charge is 0.167 e. The molecule has 0 bridgehead atoms. The maximum Gasteiger partial charge on any atom is 0.167 e. The molecule has 1 atom stereocenters. The molecule has 0 spiro atoms. The van der Waals surface area contributed by atoms with Gasteiger partial charge in [-0.3, -0.25) is 0 Å². The van der Waals surface area contributed by atoms with Crippen LogP contribution in [-0.2, 0) is 4.74 Å². The monoisotopic (exact) mass is 232 g/mol. The standard InChI is InChI=1S/C12H16N4O/c1-8-9(2)15-16-11(10(8)6-13)14-12(3)4-5-17-7-12/h4-5,7H2,1-3H3,(H,14,16). The third-order valence-electron chi connectivity index (χ3n) is 3.21. The van der Waals surface area contributed by atoms with E-state index < -0.39 is 0 Å². The molecule has 2 rings (SSSR count). The summed E-state index contributed by atoms with van der Waals surface area (Å²) in [7, 11) is 0. The zero-order valence-electron chi connectivity index (χ0n) is 10.4. The molecule has 5 heteroatoms. The van der Waals surface area contributed by atoms with Gasteiger partial charge < -0.3 is 10.1 Å². The zero-order valence-corrected chi connectivity index (χ0v) is 10.4. The van der Waals surface area contributed by atoms with Gasteiger partial charge in [-0.2, -0.15) is 10.4 Å². The highest BCUT2D eigenvalue weighted by molar-refractivity contribution is 5.57. The predicted molar refractivity (Wildman–Crippen MR) is 63.7 cm³/mol. The molecule has 1 saturated heterocycles. The fraction of sp³-hybridized carbons (Fsp3) is 0.583. The minimum absolute atomic E-state index is 0.151. The normalized spacial score (nSPS) is 23.4. The van der Waals surface area contributed by atoms with E-state index in [-0.39, 0.29) is 5.54 Å². The van der Waals surface area contributed by atoms with Gasteiger partial charge in [0.25, 0.3) is 0 Å². The lowest BCUT2D eigenvalue weighted by Crippen LogP contribution is -2.36. The molecule has 1 aromatic heterocycles. The van der Waals surface area contributed by atoms with Gasteiger partial charge in [-0.15, -0.1) is 5.10 Å². The van der Waals surface area contributed by atoms with Gasteiger partial charge in [0.15, 0.2) is 5.82 Å². The summed E-state index contributed by atoms with van der Waals surface area (Å²) in [4.78, 5) is 0. The summed E-state index contributed by atoms with van der Waals surface area (Å²) < 4.78 is 5.37. The Labute approximate surface area is 101 Å². The lowest BCUT2D eigenvalue weighted by atomic mass is 10.0. The topological polar surface area (TPSA) is 70.8 Å². The average Bonchev–Trinajstić information content (AvgIpc) is 2.71. The average molecular weight is 232 g/mol. The second kappa shape index (κ2) is 4.30. The van der Waals surface area contributed by atoms with Crippen LogP contribution in [0.15, 0.2) is 0 Å². The predicted octanol–water partition coefficient (Wildman–Crippen LogP) is 1.56. The third kappa shape index (κ3) is 2.22. The van der Waals surface area contributed by atoms with Crippen LogP contribution in [0.1, 0.15) is 30.2 Å². The van der Waals surface area contributed by atoms with Gasteiger partial charge in [0.2, 0.25) is 0 Å². The Morgan fingerprint density at radius 2 is 2.18 bits per heavy atom. The largest absolute Gasteiger partial charge is 0.379 e. The minimum atomic E-state index is -0.151. The minimum Gasteiger partial charge on any atom is -0.379 e. The molecule has 1 aromatic rings. The molecule has 1 fully saturated rings. The molecular formula is C12H16N4O. The van der Waals surface area contributed by atoms with Crippen LogP contribution >= 0.6 is 0 Å². The number of rotatable bonds is 2. The molecule has 0 radical (unpaired) electrons. The summed E-state index contributed by atoms with van der Waals surface area (Å²) in [5, 5.41) is 20.6. The van der Waals surface area contributed by atoms with E-state index in [0.29, 0.717) is 18.0 Å². The molecule has 1 N–H and O–H groups in total. The molecule has 5 nitrogen and oxygen atoms in total. The number of hydrogen-bond acceptors (Lipinski definition) is 5. The fourth-order valence-electron chi connectivity index (χ4n) is 1.88. The van der Waals surface area contributed by atoms with Gasteiger partial charge in [0.05, 0.1) is 17.8 Å². The van der Waals surface area contributed by atoms with Crippen molar-refractivity contribution in [3.63, 3.8) is 0 Å². The van der Waals surface area contributed by atoms with E-state index in [1.54, 1.807) is 0 Å². The van der Waals surface area contributed by atoms with Gasteiger partial charge in [-0.05, 0) is 32.8 Å². The Bertz CT molecular complexity index is 472. The van der Waals surface area contributed by atoms with E-state index in [1.165, 1.54) is 0 Å². The summed E-state index contributed by atoms with van der Waals surface area (Å²) in [5.74, 6) is 0.559. The first-order chi connectivity index (χ1) is 8.06. The number of nitrogens with zero attached hydrogens (tertiary/aromatic N) is 3. The Morgan fingerprint density at radius 3 is 2.76 bits per heavy atom. The molecule has 0 aromatic carbocycles. The SMILES string of the molecule is Cc1nnc(NC2(C)CCOC2)c(C#N)c1C. The number of aromatic nitrogens is 2. The van der Waals surface area contributed by atoms with Crippen molar-refractivity contribution in [2.75, 3.05) is 18.5 Å². The maximum atomic E-state index is 9.19. The van der Waals surface area contributed by atoms with Crippen LogP contribution in [-0.4, -0.2) is 29.0 Å². The highest BCUT2D eigenvalue weighted by Crippen LogP contribution is 2.25. The second-order valence-corrected chi connectivity index (χ2v) is 4.73. The van der Waals surface area contributed by atoms with E-state index >= 15 is 0 Å². The Kier molecular flexibility index (Phi) is 2.99. The van der Waals surface area contributed by atoms with E-state index in [4.69, 9.17) is 4.74 Å². The van der Waals surface area contributed by atoms with Crippen LogP contribution in [0.5, 0.6) is 0 Å². The highest BCUT2D eigenvalue weighted by Gasteiger charge is 2.31. The van der Waals surface area contributed by atoms with Crippen molar-refractivity contribution in [3.8, 4) is 6.07 Å². The quantitative estimate of drug-likeness (QED) is 0.837. The van der Waals surface area contributed by atoms with E-state index in [2.05, 4.69) is 28.5 Å². The zero-order chi connectivity index (χ0) is 12.5. The van der Waals surface area contributed by atoms with Crippen molar-refractivity contribution >= 4 is 5.82 Å². The Hall–Kier alpha value is -1.67. The number of nitriles is 1. The molecule has 90 valence electrons. The molecule has 1 unspecified atom stereocenters. The molecule has 0 amide bonds. The van der Waals surface area contributed by atoms with Crippen LogP contribution in [0, 0.1) is 25.2 Å². The molecule has 17 heavy (non-hydrogen) atoms. The summed E-state index contributed by atoms with van der Waals surface area (Å²) in [6.07, 6.45) is 0.909. The molecule has 1 aliphatic heterocycles. The first kappa shape index (κ1) is 11.8. The van der Waals surface area contributed by atoms with Crippen LogP contribution in [0.25, 0.3) is 0 Å². The first-order valence-corrected chi connectivity index (χ1v) is 5.66. The van der Waals surface area contributed by atoms with Crippen LogP contribution in [0.3, 0.4) is 0 Å². The third-order valence-corrected chi connectivity index (χ3v) is 3.21. The van der Waals surface area contributed by atoms with Crippen molar-refractivity contribution in [1.29, 1.82) is 5.26 Å². The summed E-state index contributed by atoms with van der Waals surface area (Å²) in [6.45, 7) is 7.18. The molecule has 2 heterocycles. The lowest BCUT2D eigenvalue weighted by Gasteiger charge is -2.24. The molecular weight excluding hydrogens is 216 g/mol. The highest BCUT2D eigenvalue weighted by atomic mass is 16.5. The van der Waals surface area contributed by atoms with Crippen LogP contribution < -0.4 is 5.32 Å². The van der Waals surface area contributed by atoms with Crippen molar-refractivity contribution in [2.45, 2.75) is 32.7 Å². The molecule has 0 aliphatic carbocycles. The number of aryl methyl sites for hydroxylation is 1. The number of hydrogen-bond donors (Lipinski definition) is 1. The van der Waals surface area contributed by atoms with Gasteiger partial charge in [-0.25, -0.2) is 0 Å². The van der Waals surface area contributed by atoms with Crippen molar-refractivity contribution in [3.05, 3.63) is 16.8 Å². The Balaban J connectivity index is 2.33. The number of ether oxygens (including phenoxy) is 1. The maximum absolute atomic E-state index is 9.19. The number of anilines is 1. The van der Waals surface area contributed by atoms with E-state index in [9.17, 15) is 5.26 Å². The number of nitrogens with one attached hydrogen (secondary N) is 1. The van der Waals surface area contributed by atoms with Gasteiger partial charge >= 0.3 is 0 Å². The fourth-order valence-corrected chi connectivity index (χ4v) is 1.88. The first-order valence-electron chi connectivity index (χ1n) is 5.66. The van der Waals surface area contributed by atoms with Gasteiger partial charge in [0, 0.05) is 6.61 Å². The summed E-state index contributed by atoms with van der Waals surface area (Å²) >= 11 is 0.